The van der Waals surface area contributed by atoms with E-state index in [2.05, 4.69) is 4.98 Å². The molecule has 2 rings (SSSR count). The minimum absolute atomic E-state index is 0.336. The van der Waals surface area contributed by atoms with Crippen LogP contribution >= 0.6 is 11.6 Å². The van der Waals surface area contributed by atoms with Gasteiger partial charge in [-0.15, -0.1) is 11.6 Å². The fraction of sp³-hybridized carbons (Fsp3) is 0.267. The van der Waals surface area contributed by atoms with Crippen LogP contribution in [0.2, 0.25) is 0 Å². The van der Waals surface area contributed by atoms with E-state index in [-0.39, 0.29) is 0 Å². The lowest BCUT2D eigenvalue weighted by molar-refractivity contribution is 0.321. The highest BCUT2D eigenvalue weighted by molar-refractivity contribution is 6.17. The van der Waals surface area contributed by atoms with Gasteiger partial charge >= 0.3 is 0 Å². The lowest BCUT2D eigenvalue weighted by atomic mass is 10.2. The first-order valence-corrected chi connectivity index (χ1v) is 6.73. The number of pyridine rings is 1. The van der Waals surface area contributed by atoms with E-state index in [0.29, 0.717) is 34.6 Å². The van der Waals surface area contributed by atoms with Crippen LogP contribution in [-0.2, 0) is 5.88 Å². The second-order valence-electron chi connectivity index (χ2n) is 4.08. The van der Waals surface area contributed by atoms with Gasteiger partial charge < -0.3 is 18.9 Å². The van der Waals surface area contributed by atoms with Crippen molar-refractivity contribution in [1.29, 1.82) is 0 Å². The summed E-state index contributed by atoms with van der Waals surface area (Å²) >= 11 is 5.89. The Morgan fingerprint density at radius 2 is 1.67 bits per heavy atom. The predicted octanol–water partition coefficient (Wildman–Crippen LogP) is 3.64. The van der Waals surface area contributed by atoms with E-state index < -0.39 is 0 Å². The average Bonchev–Trinajstić information content (AvgIpc) is 2.54. The number of methoxy groups -OCH3 is 3. The third-order valence-corrected chi connectivity index (χ3v) is 3.17. The quantitative estimate of drug-likeness (QED) is 0.762. The number of rotatable bonds is 6. The summed E-state index contributed by atoms with van der Waals surface area (Å²) in [5.74, 6) is 3.01. The van der Waals surface area contributed by atoms with E-state index in [9.17, 15) is 0 Å². The highest BCUT2D eigenvalue weighted by Gasteiger charge is 2.15. The summed E-state index contributed by atoms with van der Waals surface area (Å²) in [7, 11) is 4.65. The lowest BCUT2D eigenvalue weighted by Crippen LogP contribution is -1.97. The number of benzene rings is 1. The summed E-state index contributed by atoms with van der Waals surface area (Å²) in [6, 6.07) is 5.24. The van der Waals surface area contributed by atoms with Crippen LogP contribution in [0.15, 0.2) is 30.6 Å². The van der Waals surface area contributed by atoms with Crippen LogP contribution < -0.4 is 18.9 Å². The molecule has 6 heteroatoms. The first-order valence-electron chi connectivity index (χ1n) is 6.20. The largest absolute Gasteiger partial charge is 0.493 e. The monoisotopic (exact) mass is 309 g/mol. The van der Waals surface area contributed by atoms with Gasteiger partial charge in [-0.05, 0) is 6.07 Å². The second kappa shape index (κ2) is 7.04. The molecular weight excluding hydrogens is 294 g/mol. The number of alkyl halides is 1. The van der Waals surface area contributed by atoms with E-state index >= 15 is 0 Å². The molecule has 1 aromatic heterocycles. The van der Waals surface area contributed by atoms with Crippen molar-refractivity contribution in [3.63, 3.8) is 0 Å². The highest BCUT2D eigenvalue weighted by atomic mass is 35.5. The van der Waals surface area contributed by atoms with Crippen molar-refractivity contribution in [2.75, 3.05) is 21.3 Å². The van der Waals surface area contributed by atoms with Gasteiger partial charge in [0.1, 0.15) is 11.5 Å². The summed E-state index contributed by atoms with van der Waals surface area (Å²) in [4.78, 5) is 4.04. The summed E-state index contributed by atoms with van der Waals surface area (Å²) < 4.78 is 21.7. The standard InChI is InChI=1S/C15H16ClNO4/c1-18-12-6-11(7-13(19-2)15(12)20-3)21-14-9-17-5-4-10(14)8-16/h4-7,9H,8H2,1-3H3. The number of halogens is 1. The molecule has 0 saturated carbocycles. The Morgan fingerprint density at radius 3 is 2.19 bits per heavy atom. The molecule has 2 aromatic rings. The van der Waals surface area contributed by atoms with Crippen LogP contribution in [0.3, 0.4) is 0 Å². The third-order valence-electron chi connectivity index (χ3n) is 2.88. The lowest BCUT2D eigenvalue weighted by Gasteiger charge is -2.15. The summed E-state index contributed by atoms with van der Waals surface area (Å²) in [5, 5.41) is 0. The molecule has 1 heterocycles. The number of hydrogen-bond donors (Lipinski definition) is 0. The van der Waals surface area contributed by atoms with Gasteiger partial charge in [-0.3, -0.25) is 4.98 Å². The summed E-state index contributed by atoms with van der Waals surface area (Å²) in [5.41, 5.74) is 0.848. The Hall–Kier alpha value is -2.14. The van der Waals surface area contributed by atoms with Crippen LogP contribution in [0.5, 0.6) is 28.7 Å². The summed E-state index contributed by atoms with van der Waals surface area (Å²) in [6.07, 6.45) is 3.28. The SMILES string of the molecule is COc1cc(Oc2cnccc2CCl)cc(OC)c1OC. The Balaban J connectivity index is 2.40. The van der Waals surface area contributed by atoms with Gasteiger partial charge in [-0.1, -0.05) is 0 Å². The van der Waals surface area contributed by atoms with Crippen molar-refractivity contribution in [3.8, 4) is 28.7 Å². The molecule has 0 atom stereocenters. The van der Waals surface area contributed by atoms with Crippen LogP contribution in [0, 0.1) is 0 Å². The molecule has 0 spiro atoms. The Morgan fingerprint density at radius 1 is 1.00 bits per heavy atom. The van der Waals surface area contributed by atoms with Crippen molar-refractivity contribution in [3.05, 3.63) is 36.2 Å². The molecule has 0 aliphatic heterocycles. The number of nitrogens with zero attached hydrogens (tertiary/aromatic N) is 1. The van der Waals surface area contributed by atoms with E-state index in [1.165, 1.54) is 0 Å². The first-order chi connectivity index (χ1) is 10.2. The number of ether oxygens (including phenoxy) is 4. The molecule has 0 N–H and O–H groups in total. The molecule has 0 saturated heterocycles. The zero-order valence-electron chi connectivity index (χ0n) is 12.1. The smallest absolute Gasteiger partial charge is 0.203 e. The Labute approximate surface area is 128 Å². The zero-order valence-corrected chi connectivity index (χ0v) is 12.8. The minimum atomic E-state index is 0.336. The fourth-order valence-electron chi connectivity index (χ4n) is 1.85. The maximum atomic E-state index is 5.89. The maximum Gasteiger partial charge on any atom is 0.203 e. The van der Waals surface area contributed by atoms with Gasteiger partial charge in [0.25, 0.3) is 0 Å². The van der Waals surface area contributed by atoms with Crippen molar-refractivity contribution in [2.24, 2.45) is 0 Å². The molecule has 0 aliphatic rings. The first kappa shape index (κ1) is 15.3. The molecule has 112 valence electrons. The Kier molecular flexibility index (Phi) is 5.11. The second-order valence-corrected chi connectivity index (χ2v) is 4.35. The zero-order chi connectivity index (χ0) is 15.2. The van der Waals surface area contributed by atoms with Gasteiger partial charge in [0.05, 0.1) is 33.4 Å². The molecule has 0 radical (unpaired) electrons. The topological polar surface area (TPSA) is 49.8 Å². The molecule has 5 nitrogen and oxygen atoms in total. The fourth-order valence-corrected chi connectivity index (χ4v) is 2.07. The molecule has 0 amide bonds. The number of hydrogen-bond acceptors (Lipinski definition) is 5. The van der Waals surface area contributed by atoms with Crippen LogP contribution in [0.4, 0.5) is 0 Å². The molecule has 0 unspecified atom stereocenters. The van der Waals surface area contributed by atoms with E-state index in [4.69, 9.17) is 30.5 Å². The van der Waals surface area contributed by atoms with Crippen LogP contribution in [-0.4, -0.2) is 26.3 Å². The van der Waals surface area contributed by atoms with Crippen molar-refractivity contribution in [2.45, 2.75) is 5.88 Å². The summed E-state index contributed by atoms with van der Waals surface area (Å²) in [6.45, 7) is 0. The van der Waals surface area contributed by atoms with Gasteiger partial charge in [-0.25, -0.2) is 0 Å². The predicted molar refractivity (Wildman–Crippen MR) is 80.0 cm³/mol. The third kappa shape index (κ3) is 3.31. The molecule has 1 aromatic carbocycles. The minimum Gasteiger partial charge on any atom is -0.493 e. The van der Waals surface area contributed by atoms with Crippen molar-refractivity contribution >= 4 is 11.6 Å². The van der Waals surface area contributed by atoms with Crippen molar-refractivity contribution < 1.29 is 18.9 Å². The highest BCUT2D eigenvalue weighted by Crippen LogP contribution is 2.42. The molecular formula is C15H16ClNO4. The molecule has 21 heavy (non-hydrogen) atoms. The van der Waals surface area contributed by atoms with Crippen LogP contribution in [0.1, 0.15) is 5.56 Å². The maximum absolute atomic E-state index is 5.89. The van der Waals surface area contributed by atoms with E-state index in [1.807, 2.05) is 0 Å². The molecule has 0 bridgehead atoms. The van der Waals surface area contributed by atoms with Gasteiger partial charge in [0.15, 0.2) is 11.5 Å². The van der Waals surface area contributed by atoms with Gasteiger partial charge in [-0.2, -0.15) is 0 Å². The van der Waals surface area contributed by atoms with Gasteiger partial charge in [0.2, 0.25) is 5.75 Å². The average molecular weight is 310 g/mol. The van der Waals surface area contributed by atoms with E-state index in [1.54, 1.807) is 51.9 Å². The molecule has 0 aliphatic carbocycles. The normalized spacial score (nSPS) is 10.1. The van der Waals surface area contributed by atoms with Gasteiger partial charge in [0, 0.05) is 23.9 Å². The van der Waals surface area contributed by atoms with E-state index in [0.717, 1.165) is 5.56 Å². The number of aromatic nitrogens is 1. The molecule has 0 fully saturated rings. The Bertz CT molecular complexity index is 593. The van der Waals surface area contributed by atoms with Crippen molar-refractivity contribution in [1.82, 2.24) is 4.98 Å². The van der Waals surface area contributed by atoms with Crippen LogP contribution in [0.25, 0.3) is 0 Å².